The van der Waals surface area contributed by atoms with Crippen molar-refractivity contribution in [3.63, 3.8) is 0 Å². The summed E-state index contributed by atoms with van der Waals surface area (Å²) in [7, 11) is 0. The van der Waals surface area contributed by atoms with Gasteiger partial charge in [0.15, 0.2) is 0 Å². The van der Waals surface area contributed by atoms with Gasteiger partial charge in [0.25, 0.3) is 5.91 Å². The predicted octanol–water partition coefficient (Wildman–Crippen LogP) is 3.16. The second kappa shape index (κ2) is 8.91. The van der Waals surface area contributed by atoms with Gasteiger partial charge in [0.1, 0.15) is 0 Å². The number of ether oxygens (including phenoxy) is 1. The molecule has 4 N–H and O–H groups in total. The minimum atomic E-state index is -0.258. The maximum absolute atomic E-state index is 13.2. The molecular weight excluding hydrogens is 390 g/mol. The van der Waals surface area contributed by atoms with E-state index >= 15 is 0 Å². The number of anilines is 1. The SMILES string of the molecule is Cc1c(Cc2ccc(-n3cccn3)cc2)cc(C(=O)N(N)C2CCCOC2)c(N)c1C. The highest BCUT2D eigenvalue weighted by Crippen LogP contribution is 2.28. The van der Waals surface area contributed by atoms with Crippen molar-refractivity contribution in [2.75, 3.05) is 18.9 Å². The minimum Gasteiger partial charge on any atom is -0.398 e. The lowest BCUT2D eigenvalue weighted by Gasteiger charge is -2.31. The van der Waals surface area contributed by atoms with Gasteiger partial charge in [0.05, 0.1) is 23.9 Å². The summed E-state index contributed by atoms with van der Waals surface area (Å²) < 4.78 is 7.31. The van der Waals surface area contributed by atoms with Crippen molar-refractivity contribution >= 4 is 11.6 Å². The van der Waals surface area contributed by atoms with Crippen LogP contribution in [0.2, 0.25) is 0 Å². The predicted molar refractivity (Wildman–Crippen MR) is 121 cm³/mol. The maximum Gasteiger partial charge on any atom is 0.270 e. The van der Waals surface area contributed by atoms with Crippen LogP contribution < -0.4 is 11.6 Å². The van der Waals surface area contributed by atoms with Gasteiger partial charge in [-0.2, -0.15) is 5.10 Å². The molecule has 0 spiro atoms. The van der Waals surface area contributed by atoms with E-state index in [1.165, 1.54) is 5.01 Å². The second-order valence-electron chi connectivity index (χ2n) is 8.12. The summed E-state index contributed by atoms with van der Waals surface area (Å²) in [5, 5.41) is 5.56. The van der Waals surface area contributed by atoms with E-state index in [-0.39, 0.29) is 11.9 Å². The van der Waals surface area contributed by atoms with E-state index in [9.17, 15) is 4.79 Å². The normalized spacial score (nSPS) is 16.3. The van der Waals surface area contributed by atoms with Crippen LogP contribution in [-0.2, 0) is 11.2 Å². The van der Waals surface area contributed by atoms with Crippen LogP contribution in [0.25, 0.3) is 5.69 Å². The number of nitrogens with zero attached hydrogens (tertiary/aromatic N) is 3. The second-order valence-corrected chi connectivity index (χ2v) is 8.12. The summed E-state index contributed by atoms with van der Waals surface area (Å²) in [6.45, 7) is 5.18. The fourth-order valence-corrected chi connectivity index (χ4v) is 4.02. The molecule has 7 heteroatoms. The zero-order valence-electron chi connectivity index (χ0n) is 18.0. The molecule has 162 valence electrons. The van der Waals surface area contributed by atoms with Gasteiger partial charge in [-0.1, -0.05) is 12.1 Å². The van der Waals surface area contributed by atoms with Gasteiger partial charge in [-0.15, -0.1) is 0 Å². The molecular formula is C24H29N5O2. The van der Waals surface area contributed by atoms with Gasteiger partial charge in [-0.05, 0) is 79.6 Å². The highest BCUT2D eigenvalue weighted by atomic mass is 16.5. The number of hydrogen-bond acceptors (Lipinski definition) is 5. The molecule has 0 aliphatic carbocycles. The topological polar surface area (TPSA) is 99.4 Å². The van der Waals surface area contributed by atoms with Gasteiger partial charge in [-0.3, -0.25) is 9.80 Å². The van der Waals surface area contributed by atoms with E-state index in [1.54, 1.807) is 6.20 Å². The lowest BCUT2D eigenvalue weighted by atomic mass is 9.92. The maximum atomic E-state index is 13.2. The Labute approximate surface area is 182 Å². The molecule has 4 rings (SSSR count). The van der Waals surface area contributed by atoms with Crippen molar-refractivity contribution in [3.05, 3.63) is 76.6 Å². The van der Waals surface area contributed by atoms with Crippen LogP contribution in [0.5, 0.6) is 0 Å². The Kier molecular flexibility index (Phi) is 6.06. The van der Waals surface area contributed by atoms with Crippen LogP contribution in [0.4, 0.5) is 5.69 Å². The van der Waals surface area contributed by atoms with E-state index in [0.717, 1.165) is 40.8 Å². The molecule has 31 heavy (non-hydrogen) atoms. The highest BCUT2D eigenvalue weighted by Gasteiger charge is 2.27. The smallest absolute Gasteiger partial charge is 0.270 e. The third-order valence-corrected chi connectivity index (χ3v) is 6.15. The molecule has 0 bridgehead atoms. The molecule has 0 radical (unpaired) electrons. The van der Waals surface area contributed by atoms with Crippen LogP contribution >= 0.6 is 0 Å². The quantitative estimate of drug-likeness (QED) is 0.286. The number of nitrogen functional groups attached to an aromatic ring is 1. The van der Waals surface area contributed by atoms with Crippen LogP contribution in [0.15, 0.2) is 48.8 Å². The molecule has 1 amide bonds. The highest BCUT2D eigenvalue weighted by molar-refractivity contribution is 6.00. The summed E-state index contributed by atoms with van der Waals surface area (Å²) in [5.41, 5.74) is 12.5. The van der Waals surface area contributed by atoms with E-state index in [4.69, 9.17) is 16.3 Å². The first kappa shape index (κ1) is 21.1. The molecule has 1 aromatic heterocycles. The lowest BCUT2D eigenvalue weighted by molar-refractivity contribution is 0.0166. The molecule has 1 saturated heterocycles. The van der Waals surface area contributed by atoms with Crippen LogP contribution in [0.1, 0.15) is 45.5 Å². The largest absolute Gasteiger partial charge is 0.398 e. The number of nitrogens with two attached hydrogens (primary N) is 2. The Hall–Kier alpha value is -3.16. The molecule has 7 nitrogen and oxygen atoms in total. The molecule has 1 unspecified atom stereocenters. The van der Waals surface area contributed by atoms with Crippen molar-refractivity contribution in [2.24, 2.45) is 5.84 Å². The van der Waals surface area contributed by atoms with Crippen LogP contribution in [-0.4, -0.2) is 40.0 Å². The summed E-state index contributed by atoms with van der Waals surface area (Å²) in [6.07, 6.45) is 6.10. The number of hydrogen-bond donors (Lipinski definition) is 2. The fraction of sp³-hybridized carbons (Fsp3) is 0.333. The van der Waals surface area contributed by atoms with Gasteiger partial charge in [0.2, 0.25) is 0 Å². The number of amides is 1. The number of carbonyl (C=O) groups is 1. The molecule has 1 atom stereocenters. The molecule has 1 fully saturated rings. The summed E-state index contributed by atoms with van der Waals surface area (Å²) >= 11 is 0. The molecule has 1 aliphatic heterocycles. The van der Waals surface area contributed by atoms with Gasteiger partial charge in [-0.25, -0.2) is 10.5 Å². The Balaban J connectivity index is 1.59. The standard InChI is InChI=1S/C24H29N5O2/c1-16-17(2)23(25)22(24(30)29(26)21-5-3-12-31-15-21)14-19(16)13-18-6-8-20(9-7-18)28-11-4-10-27-28/h4,6-11,14,21H,3,5,12-13,15,25-26H2,1-2H3. The van der Waals surface area contributed by atoms with Crippen molar-refractivity contribution in [2.45, 2.75) is 39.2 Å². The monoisotopic (exact) mass is 419 g/mol. The lowest BCUT2D eigenvalue weighted by Crippen LogP contribution is -2.49. The first-order chi connectivity index (χ1) is 15.0. The average Bonchev–Trinajstić information content (AvgIpc) is 3.34. The van der Waals surface area contributed by atoms with E-state index in [1.807, 2.05) is 49.0 Å². The van der Waals surface area contributed by atoms with Crippen molar-refractivity contribution in [3.8, 4) is 5.69 Å². The third-order valence-electron chi connectivity index (χ3n) is 6.15. The number of aromatic nitrogens is 2. The summed E-state index contributed by atoms with van der Waals surface area (Å²) in [4.78, 5) is 13.2. The van der Waals surface area contributed by atoms with E-state index < -0.39 is 0 Å². The molecule has 1 aliphatic rings. The first-order valence-corrected chi connectivity index (χ1v) is 10.6. The van der Waals surface area contributed by atoms with Gasteiger partial charge < -0.3 is 10.5 Å². The number of rotatable bonds is 5. The summed E-state index contributed by atoms with van der Waals surface area (Å²) in [6, 6.07) is 11.9. The van der Waals surface area contributed by atoms with Gasteiger partial charge in [0, 0.05) is 24.7 Å². The van der Waals surface area contributed by atoms with Crippen molar-refractivity contribution in [1.82, 2.24) is 14.8 Å². The number of hydrazine groups is 1. The van der Waals surface area contributed by atoms with Crippen LogP contribution in [0.3, 0.4) is 0 Å². The van der Waals surface area contributed by atoms with Gasteiger partial charge >= 0.3 is 0 Å². The zero-order chi connectivity index (χ0) is 22.0. The zero-order valence-corrected chi connectivity index (χ0v) is 18.0. The minimum absolute atomic E-state index is 0.124. The van der Waals surface area contributed by atoms with Crippen molar-refractivity contribution in [1.29, 1.82) is 0 Å². The average molecular weight is 420 g/mol. The molecule has 2 aromatic carbocycles. The Morgan fingerprint density at radius 3 is 2.68 bits per heavy atom. The number of carbonyl (C=O) groups excluding carboxylic acids is 1. The van der Waals surface area contributed by atoms with E-state index in [2.05, 4.69) is 17.2 Å². The fourth-order valence-electron chi connectivity index (χ4n) is 4.02. The molecule has 0 saturated carbocycles. The third kappa shape index (κ3) is 4.33. The van der Waals surface area contributed by atoms with Crippen molar-refractivity contribution < 1.29 is 9.53 Å². The summed E-state index contributed by atoms with van der Waals surface area (Å²) in [5.74, 6) is 5.93. The number of benzene rings is 2. The Bertz CT molecular complexity index is 1050. The Morgan fingerprint density at radius 2 is 2.03 bits per heavy atom. The molecule has 2 heterocycles. The Morgan fingerprint density at radius 1 is 1.26 bits per heavy atom. The first-order valence-electron chi connectivity index (χ1n) is 10.6. The van der Waals surface area contributed by atoms with Crippen LogP contribution in [0, 0.1) is 13.8 Å². The van der Waals surface area contributed by atoms with E-state index in [0.29, 0.717) is 30.9 Å². The molecule has 3 aromatic rings.